The molecule has 6 heteroatoms. The van der Waals surface area contributed by atoms with Crippen LogP contribution in [-0.4, -0.2) is 41.3 Å². The Balaban J connectivity index is 1.81. The van der Waals surface area contributed by atoms with Crippen molar-refractivity contribution in [3.05, 3.63) is 29.3 Å². The first-order valence-corrected chi connectivity index (χ1v) is 7.91. The fourth-order valence-corrected chi connectivity index (χ4v) is 2.79. The number of furan rings is 1. The van der Waals surface area contributed by atoms with E-state index in [4.69, 9.17) is 16.0 Å². The minimum Gasteiger partial charge on any atom is -0.454 e. The molecule has 2 aromatic heterocycles. The van der Waals surface area contributed by atoms with Gasteiger partial charge in [-0.2, -0.15) is 0 Å². The number of nitrogens with one attached hydrogen (secondary N) is 1. The van der Waals surface area contributed by atoms with E-state index in [0.29, 0.717) is 16.1 Å². The van der Waals surface area contributed by atoms with Crippen molar-refractivity contribution < 1.29 is 4.42 Å². The third-order valence-corrected chi connectivity index (χ3v) is 4.13. The van der Waals surface area contributed by atoms with E-state index in [1.807, 2.05) is 24.3 Å². The van der Waals surface area contributed by atoms with Crippen LogP contribution in [-0.2, 0) is 0 Å². The van der Waals surface area contributed by atoms with Crippen molar-refractivity contribution in [3.63, 3.8) is 0 Å². The summed E-state index contributed by atoms with van der Waals surface area (Å²) in [5.74, 6) is 0.717. The van der Waals surface area contributed by atoms with E-state index in [-0.39, 0.29) is 0 Å². The summed E-state index contributed by atoms with van der Waals surface area (Å²) >= 11 is 6.22. The van der Waals surface area contributed by atoms with Crippen LogP contribution in [0, 0.1) is 0 Å². The van der Waals surface area contributed by atoms with E-state index in [1.54, 1.807) is 0 Å². The van der Waals surface area contributed by atoms with Gasteiger partial charge < -0.3 is 14.6 Å². The van der Waals surface area contributed by atoms with E-state index in [0.717, 1.165) is 43.0 Å². The Morgan fingerprint density at radius 3 is 2.77 bits per heavy atom. The van der Waals surface area contributed by atoms with E-state index in [9.17, 15) is 0 Å². The Morgan fingerprint density at radius 2 is 2.00 bits per heavy atom. The molecule has 3 aromatic rings. The van der Waals surface area contributed by atoms with Crippen molar-refractivity contribution in [2.24, 2.45) is 0 Å². The maximum absolute atomic E-state index is 6.22. The molecule has 5 nitrogen and oxygen atoms in total. The summed E-state index contributed by atoms with van der Waals surface area (Å²) in [6, 6.07) is 7.46. The van der Waals surface area contributed by atoms with E-state index >= 15 is 0 Å². The van der Waals surface area contributed by atoms with Gasteiger partial charge in [0.25, 0.3) is 0 Å². The highest BCUT2D eigenvalue weighted by Gasteiger charge is 2.12. The summed E-state index contributed by atoms with van der Waals surface area (Å²) in [6.45, 7) is 8.21. The normalized spacial score (nSPS) is 11.6. The third-order valence-electron chi connectivity index (χ3n) is 3.82. The average molecular weight is 319 g/mol. The number of benzene rings is 1. The second-order valence-electron chi connectivity index (χ2n) is 5.11. The molecule has 0 spiro atoms. The third kappa shape index (κ3) is 2.87. The van der Waals surface area contributed by atoms with Crippen LogP contribution < -0.4 is 5.32 Å². The van der Waals surface area contributed by atoms with Gasteiger partial charge in [0.2, 0.25) is 0 Å². The first kappa shape index (κ1) is 15.1. The quantitative estimate of drug-likeness (QED) is 0.749. The van der Waals surface area contributed by atoms with Gasteiger partial charge in [0.05, 0.1) is 10.4 Å². The number of halogens is 1. The Bertz CT molecular complexity index is 782. The van der Waals surface area contributed by atoms with Crippen molar-refractivity contribution >= 4 is 39.5 Å². The highest BCUT2D eigenvalue weighted by Crippen LogP contribution is 2.32. The van der Waals surface area contributed by atoms with E-state index in [1.165, 1.54) is 0 Å². The molecule has 0 bridgehead atoms. The number of anilines is 1. The molecular weight excluding hydrogens is 300 g/mol. The van der Waals surface area contributed by atoms with Crippen molar-refractivity contribution in [2.75, 3.05) is 31.5 Å². The molecule has 0 saturated heterocycles. The predicted molar refractivity (Wildman–Crippen MR) is 90.6 cm³/mol. The topological polar surface area (TPSA) is 54.2 Å². The molecule has 0 radical (unpaired) electrons. The molecule has 2 heterocycles. The number of hydrogen-bond donors (Lipinski definition) is 1. The molecule has 1 N–H and O–H groups in total. The maximum atomic E-state index is 6.22. The molecule has 0 aliphatic carbocycles. The molecule has 0 saturated carbocycles. The molecular formula is C16H19ClN4O. The lowest BCUT2D eigenvalue weighted by atomic mass is 10.2. The molecule has 3 rings (SSSR count). The van der Waals surface area contributed by atoms with Crippen LogP contribution >= 0.6 is 11.6 Å². The molecule has 0 fully saturated rings. The first-order valence-electron chi connectivity index (χ1n) is 7.53. The highest BCUT2D eigenvalue weighted by atomic mass is 35.5. The summed E-state index contributed by atoms with van der Waals surface area (Å²) in [5, 5.41) is 13.2. The minimum absolute atomic E-state index is 0.632. The minimum atomic E-state index is 0.632. The number of aromatic nitrogens is 2. The van der Waals surface area contributed by atoms with Crippen LogP contribution in [0.5, 0.6) is 0 Å². The Labute approximate surface area is 134 Å². The largest absolute Gasteiger partial charge is 0.454 e. The first-order chi connectivity index (χ1) is 10.7. The predicted octanol–water partition coefficient (Wildman–Crippen LogP) is 3.78. The number of fused-ring (bicyclic) bond motifs is 3. The lowest BCUT2D eigenvalue weighted by molar-refractivity contribution is 0.316. The van der Waals surface area contributed by atoms with Gasteiger partial charge in [-0.1, -0.05) is 31.5 Å². The van der Waals surface area contributed by atoms with Crippen LogP contribution in [0.25, 0.3) is 22.1 Å². The SMILES string of the molecule is CCN(CC)CCNc1cc2oc3cccc(Cl)c3c2nn1. The zero-order valence-corrected chi connectivity index (χ0v) is 13.5. The number of likely N-dealkylation sites (N-methyl/N-ethyl adjacent to an activating group) is 1. The molecule has 0 aliphatic heterocycles. The van der Waals surface area contributed by atoms with Crippen LogP contribution in [0.1, 0.15) is 13.8 Å². The number of hydrogen-bond acceptors (Lipinski definition) is 5. The smallest absolute Gasteiger partial charge is 0.159 e. The fraction of sp³-hybridized carbons (Fsp3) is 0.375. The van der Waals surface area contributed by atoms with Crippen LogP contribution in [0.2, 0.25) is 5.02 Å². The molecule has 1 aromatic carbocycles. The lowest BCUT2D eigenvalue weighted by Gasteiger charge is -2.17. The van der Waals surface area contributed by atoms with Gasteiger partial charge in [-0.3, -0.25) is 0 Å². The summed E-state index contributed by atoms with van der Waals surface area (Å²) < 4.78 is 5.81. The van der Waals surface area contributed by atoms with E-state index < -0.39 is 0 Å². The second kappa shape index (κ2) is 6.50. The van der Waals surface area contributed by atoms with Gasteiger partial charge in [-0.15, -0.1) is 10.2 Å². The number of nitrogens with zero attached hydrogens (tertiary/aromatic N) is 3. The average Bonchev–Trinajstić information content (AvgIpc) is 2.90. The Kier molecular flexibility index (Phi) is 4.45. The standard InChI is InChI=1S/C16H19ClN4O/c1-3-21(4-2)9-8-18-14-10-13-16(20-19-14)15-11(17)6-5-7-12(15)22-13/h5-7,10H,3-4,8-9H2,1-2H3,(H,18,19). The summed E-state index contributed by atoms with van der Waals surface area (Å²) in [7, 11) is 0. The monoisotopic (exact) mass is 318 g/mol. The zero-order chi connectivity index (χ0) is 15.5. The van der Waals surface area contributed by atoms with E-state index in [2.05, 4.69) is 34.3 Å². The highest BCUT2D eigenvalue weighted by molar-refractivity contribution is 6.37. The molecule has 0 aliphatic rings. The van der Waals surface area contributed by atoms with Crippen LogP contribution in [0.4, 0.5) is 5.82 Å². The van der Waals surface area contributed by atoms with Gasteiger partial charge >= 0.3 is 0 Å². The van der Waals surface area contributed by atoms with Crippen LogP contribution in [0.3, 0.4) is 0 Å². The van der Waals surface area contributed by atoms with Crippen molar-refractivity contribution in [2.45, 2.75) is 13.8 Å². The summed E-state index contributed by atoms with van der Waals surface area (Å²) in [4.78, 5) is 2.35. The summed E-state index contributed by atoms with van der Waals surface area (Å²) in [6.07, 6.45) is 0. The van der Waals surface area contributed by atoms with Gasteiger partial charge in [-0.05, 0) is 25.2 Å². The van der Waals surface area contributed by atoms with Crippen molar-refractivity contribution in [1.29, 1.82) is 0 Å². The molecule has 116 valence electrons. The molecule has 0 amide bonds. The van der Waals surface area contributed by atoms with Crippen molar-refractivity contribution in [3.8, 4) is 0 Å². The zero-order valence-electron chi connectivity index (χ0n) is 12.8. The van der Waals surface area contributed by atoms with Gasteiger partial charge in [0.15, 0.2) is 11.4 Å². The van der Waals surface area contributed by atoms with Gasteiger partial charge in [-0.25, -0.2) is 0 Å². The van der Waals surface area contributed by atoms with Gasteiger partial charge in [0, 0.05) is 19.2 Å². The molecule has 22 heavy (non-hydrogen) atoms. The Morgan fingerprint density at radius 1 is 1.18 bits per heavy atom. The van der Waals surface area contributed by atoms with Gasteiger partial charge in [0.1, 0.15) is 11.1 Å². The Hall–Kier alpha value is -1.85. The second-order valence-corrected chi connectivity index (χ2v) is 5.52. The summed E-state index contributed by atoms with van der Waals surface area (Å²) in [5.41, 5.74) is 2.13. The van der Waals surface area contributed by atoms with Crippen LogP contribution in [0.15, 0.2) is 28.7 Å². The van der Waals surface area contributed by atoms with Crippen molar-refractivity contribution in [1.82, 2.24) is 15.1 Å². The molecule has 0 unspecified atom stereocenters. The fourth-order valence-electron chi connectivity index (χ4n) is 2.53. The lowest BCUT2D eigenvalue weighted by Crippen LogP contribution is -2.28. The number of rotatable bonds is 6. The maximum Gasteiger partial charge on any atom is 0.159 e. The molecule has 0 atom stereocenters.